The molecule has 0 saturated carbocycles. The van der Waals surface area contributed by atoms with Crippen LogP contribution in [0.2, 0.25) is 0 Å². The summed E-state index contributed by atoms with van der Waals surface area (Å²) in [5.41, 5.74) is 0.181. The second-order valence-corrected chi connectivity index (χ2v) is 7.13. The number of non-ortho nitro benzene ring substituents is 1. The molecule has 0 aliphatic carbocycles. The SMILES string of the molecule is Cn1c(-c2cc(Br)cc([N+](=O)[O-])c2)nnc1S(=O)(=O)Cl. The van der Waals surface area contributed by atoms with Gasteiger partial charge in [-0.05, 0) is 6.07 Å². The third-order valence-electron chi connectivity index (χ3n) is 2.40. The third-order valence-corrected chi connectivity index (χ3v) is 4.07. The fraction of sp³-hybridized carbons (Fsp3) is 0.111. The third kappa shape index (κ3) is 2.81. The molecule has 0 N–H and O–H groups in total. The number of nitro groups is 1. The minimum atomic E-state index is -4.04. The van der Waals surface area contributed by atoms with Crippen molar-refractivity contribution in [1.29, 1.82) is 0 Å². The molecule has 1 aromatic carbocycles. The molecule has 1 heterocycles. The highest BCUT2D eigenvalue weighted by Crippen LogP contribution is 2.28. The number of halogens is 2. The van der Waals surface area contributed by atoms with Gasteiger partial charge in [0, 0.05) is 39.9 Å². The Balaban J connectivity index is 2.64. The highest BCUT2D eigenvalue weighted by molar-refractivity contribution is 9.10. The van der Waals surface area contributed by atoms with E-state index in [1.165, 1.54) is 19.2 Å². The fourth-order valence-electron chi connectivity index (χ4n) is 1.59. The van der Waals surface area contributed by atoms with Crippen molar-refractivity contribution in [2.45, 2.75) is 5.16 Å². The van der Waals surface area contributed by atoms with Crippen LogP contribution in [0.5, 0.6) is 0 Å². The summed E-state index contributed by atoms with van der Waals surface area (Å²) in [7, 11) is 2.57. The van der Waals surface area contributed by atoms with Crippen LogP contribution in [-0.2, 0) is 16.1 Å². The lowest BCUT2D eigenvalue weighted by atomic mass is 10.2. The summed E-state index contributed by atoms with van der Waals surface area (Å²) in [6, 6.07) is 4.14. The molecule has 0 spiro atoms. The Labute approximate surface area is 126 Å². The van der Waals surface area contributed by atoms with Gasteiger partial charge in [0.2, 0.25) is 0 Å². The van der Waals surface area contributed by atoms with E-state index in [4.69, 9.17) is 10.7 Å². The summed E-state index contributed by atoms with van der Waals surface area (Å²) < 4.78 is 24.1. The van der Waals surface area contributed by atoms with Crippen LogP contribution in [0, 0.1) is 10.1 Å². The van der Waals surface area contributed by atoms with Crippen molar-refractivity contribution in [2.75, 3.05) is 0 Å². The molecule has 0 atom stereocenters. The molecular weight excluding hydrogens is 376 g/mol. The van der Waals surface area contributed by atoms with E-state index in [1.807, 2.05) is 0 Å². The van der Waals surface area contributed by atoms with E-state index in [2.05, 4.69) is 26.1 Å². The van der Waals surface area contributed by atoms with E-state index in [-0.39, 0.29) is 11.5 Å². The molecule has 2 rings (SSSR count). The lowest BCUT2D eigenvalue weighted by molar-refractivity contribution is -0.384. The molecule has 0 fully saturated rings. The van der Waals surface area contributed by atoms with Crippen molar-refractivity contribution < 1.29 is 13.3 Å². The standard InChI is InChI=1S/C9H6BrClN4O4S/c1-14-8(12-13-9(14)20(11,18)19)5-2-6(10)4-7(3-5)15(16)17/h2-4H,1H3. The first-order valence-electron chi connectivity index (χ1n) is 4.99. The molecule has 0 radical (unpaired) electrons. The minimum Gasteiger partial charge on any atom is -0.300 e. The van der Waals surface area contributed by atoms with E-state index in [1.54, 1.807) is 6.07 Å². The van der Waals surface area contributed by atoms with Crippen molar-refractivity contribution in [3.05, 3.63) is 32.8 Å². The smallest absolute Gasteiger partial charge is 0.296 e. The van der Waals surface area contributed by atoms with Crippen LogP contribution in [0.1, 0.15) is 0 Å². The van der Waals surface area contributed by atoms with Gasteiger partial charge in [-0.2, -0.15) is 0 Å². The van der Waals surface area contributed by atoms with Crippen LogP contribution in [0.3, 0.4) is 0 Å². The van der Waals surface area contributed by atoms with Gasteiger partial charge in [0.05, 0.1) is 4.92 Å². The highest BCUT2D eigenvalue weighted by atomic mass is 79.9. The topological polar surface area (TPSA) is 108 Å². The zero-order valence-corrected chi connectivity index (χ0v) is 13.0. The molecule has 0 aliphatic heterocycles. The summed E-state index contributed by atoms with van der Waals surface area (Å²) in [4.78, 5) is 10.2. The largest absolute Gasteiger partial charge is 0.300 e. The van der Waals surface area contributed by atoms with Gasteiger partial charge in [-0.3, -0.25) is 14.7 Å². The van der Waals surface area contributed by atoms with E-state index in [9.17, 15) is 18.5 Å². The van der Waals surface area contributed by atoms with Gasteiger partial charge in [-0.15, -0.1) is 10.2 Å². The van der Waals surface area contributed by atoms with Crippen LogP contribution >= 0.6 is 26.6 Å². The normalized spacial score (nSPS) is 11.6. The second-order valence-electron chi connectivity index (χ2n) is 3.76. The van der Waals surface area contributed by atoms with Crippen molar-refractivity contribution in [3.8, 4) is 11.4 Å². The van der Waals surface area contributed by atoms with Crippen molar-refractivity contribution in [3.63, 3.8) is 0 Å². The molecule has 106 valence electrons. The van der Waals surface area contributed by atoms with Crippen LogP contribution < -0.4 is 0 Å². The summed E-state index contributed by atoms with van der Waals surface area (Å²) in [5, 5.41) is 17.6. The zero-order valence-electron chi connectivity index (χ0n) is 9.82. The summed E-state index contributed by atoms with van der Waals surface area (Å²) >= 11 is 3.14. The molecular formula is C9H6BrClN4O4S. The molecule has 0 saturated heterocycles. The van der Waals surface area contributed by atoms with Gasteiger partial charge in [0.1, 0.15) is 0 Å². The first-order valence-corrected chi connectivity index (χ1v) is 8.10. The molecule has 11 heteroatoms. The average Bonchev–Trinajstić information content (AvgIpc) is 2.69. The van der Waals surface area contributed by atoms with Gasteiger partial charge in [0.25, 0.3) is 19.9 Å². The van der Waals surface area contributed by atoms with Crippen molar-refractivity contribution in [1.82, 2.24) is 14.8 Å². The van der Waals surface area contributed by atoms with Gasteiger partial charge >= 0.3 is 0 Å². The van der Waals surface area contributed by atoms with E-state index in [0.29, 0.717) is 10.0 Å². The Morgan fingerprint density at radius 2 is 2.00 bits per heavy atom. The molecule has 20 heavy (non-hydrogen) atoms. The highest BCUT2D eigenvalue weighted by Gasteiger charge is 2.22. The summed E-state index contributed by atoms with van der Waals surface area (Å²) in [6.45, 7) is 0. The summed E-state index contributed by atoms with van der Waals surface area (Å²) in [5.74, 6) is 0.147. The van der Waals surface area contributed by atoms with Gasteiger partial charge < -0.3 is 0 Å². The maximum atomic E-state index is 11.3. The number of benzene rings is 1. The number of aromatic nitrogens is 3. The Kier molecular flexibility index (Phi) is 3.80. The lowest BCUT2D eigenvalue weighted by Crippen LogP contribution is -2.03. The molecule has 0 aliphatic rings. The van der Waals surface area contributed by atoms with E-state index >= 15 is 0 Å². The molecule has 2 aromatic rings. The number of hydrogen-bond acceptors (Lipinski definition) is 6. The quantitative estimate of drug-likeness (QED) is 0.457. The minimum absolute atomic E-state index is 0.147. The molecule has 0 unspecified atom stereocenters. The lowest BCUT2D eigenvalue weighted by Gasteiger charge is -2.03. The fourth-order valence-corrected chi connectivity index (χ4v) is 3.02. The molecule has 0 amide bonds. The predicted molar refractivity (Wildman–Crippen MR) is 73.8 cm³/mol. The van der Waals surface area contributed by atoms with E-state index < -0.39 is 19.1 Å². The Morgan fingerprint density at radius 3 is 2.50 bits per heavy atom. The Hall–Kier alpha value is -1.52. The van der Waals surface area contributed by atoms with Crippen LogP contribution in [0.4, 0.5) is 5.69 Å². The summed E-state index contributed by atoms with van der Waals surface area (Å²) in [6.07, 6.45) is 0. The first-order chi connectivity index (χ1) is 9.20. The zero-order chi connectivity index (χ0) is 15.1. The molecule has 8 nitrogen and oxygen atoms in total. The van der Waals surface area contributed by atoms with Crippen LogP contribution in [0.25, 0.3) is 11.4 Å². The number of hydrogen-bond donors (Lipinski definition) is 0. The number of nitrogens with zero attached hydrogens (tertiary/aromatic N) is 4. The van der Waals surface area contributed by atoms with Gasteiger partial charge in [0.15, 0.2) is 5.82 Å². The number of nitro benzene ring substituents is 1. The molecule has 1 aromatic heterocycles. The Bertz CT molecular complexity index is 804. The van der Waals surface area contributed by atoms with Gasteiger partial charge in [-0.25, -0.2) is 8.42 Å². The average molecular weight is 382 g/mol. The monoisotopic (exact) mass is 380 g/mol. The van der Waals surface area contributed by atoms with Crippen LogP contribution in [0.15, 0.2) is 27.8 Å². The predicted octanol–water partition coefficient (Wildman–Crippen LogP) is 2.08. The number of rotatable bonds is 3. The second kappa shape index (κ2) is 5.11. The Morgan fingerprint density at radius 1 is 1.35 bits per heavy atom. The van der Waals surface area contributed by atoms with Gasteiger partial charge in [-0.1, -0.05) is 15.9 Å². The van der Waals surface area contributed by atoms with Crippen LogP contribution in [-0.4, -0.2) is 28.1 Å². The van der Waals surface area contributed by atoms with E-state index in [0.717, 1.165) is 4.57 Å². The maximum absolute atomic E-state index is 11.3. The van der Waals surface area contributed by atoms with Crippen molar-refractivity contribution in [2.24, 2.45) is 7.05 Å². The first kappa shape index (κ1) is 14.9. The van der Waals surface area contributed by atoms with Crippen molar-refractivity contribution >= 4 is 41.4 Å². The molecule has 0 bridgehead atoms. The maximum Gasteiger partial charge on any atom is 0.296 e.